The summed E-state index contributed by atoms with van der Waals surface area (Å²) in [5.41, 5.74) is -1.12. The van der Waals surface area contributed by atoms with Crippen molar-refractivity contribution in [3.05, 3.63) is 71.0 Å². The molecule has 2 aromatic rings. The van der Waals surface area contributed by atoms with Gasteiger partial charge in [0.25, 0.3) is 11.8 Å². The van der Waals surface area contributed by atoms with Crippen LogP contribution in [-0.4, -0.2) is 23.3 Å². The van der Waals surface area contributed by atoms with E-state index in [0.29, 0.717) is 0 Å². The lowest BCUT2D eigenvalue weighted by Gasteiger charge is -2.12. The van der Waals surface area contributed by atoms with Crippen molar-refractivity contribution >= 4 is 29.1 Å². The second-order valence-electron chi connectivity index (χ2n) is 5.07. The van der Waals surface area contributed by atoms with E-state index in [9.17, 15) is 22.8 Å². The Morgan fingerprint density at radius 3 is 2.58 bits per heavy atom. The SMILES string of the molecule is C=CCNC(=O)c1cc(C(=O)Nc2cc(C(F)(F)F)ccc2Cl)ccn1. The number of amides is 2. The van der Waals surface area contributed by atoms with E-state index in [1.807, 2.05) is 0 Å². The third-order valence-electron chi connectivity index (χ3n) is 3.20. The number of carbonyl (C=O) groups is 2. The Labute approximate surface area is 151 Å². The van der Waals surface area contributed by atoms with Crippen molar-refractivity contribution in [3.8, 4) is 0 Å². The largest absolute Gasteiger partial charge is 0.416 e. The van der Waals surface area contributed by atoms with E-state index < -0.39 is 23.6 Å². The Hall–Kier alpha value is -2.87. The van der Waals surface area contributed by atoms with E-state index in [4.69, 9.17) is 11.6 Å². The van der Waals surface area contributed by atoms with Gasteiger partial charge in [-0.05, 0) is 30.3 Å². The highest BCUT2D eigenvalue weighted by molar-refractivity contribution is 6.34. The van der Waals surface area contributed by atoms with Crippen LogP contribution in [0.1, 0.15) is 26.4 Å². The van der Waals surface area contributed by atoms with Gasteiger partial charge in [-0.15, -0.1) is 6.58 Å². The molecule has 2 amide bonds. The molecule has 9 heteroatoms. The number of halogens is 4. The monoisotopic (exact) mass is 383 g/mol. The lowest BCUT2D eigenvalue weighted by molar-refractivity contribution is -0.137. The van der Waals surface area contributed by atoms with Gasteiger partial charge in [-0.1, -0.05) is 17.7 Å². The van der Waals surface area contributed by atoms with Gasteiger partial charge in [-0.3, -0.25) is 14.6 Å². The number of anilines is 1. The molecule has 2 rings (SSSR count). The van der Waals surface area contributed by atoms with Crippen LogP contribution in [0.15, 0.2) is 49.2 Å². The minimum Gasteiger partial charge on any atom is -0.347 e. The molecule has 5 nitrogen and oxygen atoms in total. The number of aromatic nitrogens is 1. The zero-order valence-electron chi connectivity index (χ0n) is 13.2. The second-order valence-corrected chi connectivity index (χ2v) is 5.48. The van der Waals surface area contributed by atoms with Crippen molar-refractivity contribution in [2.45, 2.75) is 6.18 Å². The maximum atomic E-state index is 12.8. The molecule has 0 bridgehead atoms. The highest BCUT2D eigenvalue weighted by Gasteiger charge is 2.31. The molecule has 26 heavy (non-hydrogen) atoms. The normalized spacial score (nSPS) is 10.9. The Morgan fingerprint density at radius 1 is 1.19 bits per heavy atom. The predicted octanol–water partition coefficient (Wildman–Crippen LogP) is 3.92. The standard InChI is InChI=1S/C17H13ClF3N3O2/c1-2-6-23-16(26)14-8-10(5-7-22-14)15(25)24-13-9-11(17(19,20)21)3-4-12(13)18/h2-5,7-9H,1,6H2,(H,23,26)(H,24,25). The van der Waals surface area contributed by atoms with Crippen molar-refractivity contribution in [1.29, 1.82) is 0 Å². The van der Waals surface area contributed by atoms with Gasteiger partial charge in [0.1, 0.15) is 5.69 Å². The van der Waals surface area contributed by atoms with Gasteiger partial charge in [0.15, 0.2) is 0 Å². The molecule has 2 N–H and O–H groups in total. The first-order valence-corrected chi connectivity index (χ1v) is 7.63. The number of carbonyl (C=O) groups excluding carboxylic acids is 2. The summed E-state index contributed by atoms with van der Waals surface area (Å²) in [4.78, 5) is 28.0. The van der Waals surface area contributed by atoms with E-state index in [0.717, 1.165) is 18.2 Å². The van der Waals surface area contributed by atoms with Crippen LogP contribution in [0.3, 0.4) is 0 Å². The predicted molar refractivity (Wildman–Crippen MR) is 91.2 cm³/mol. The molecule has 0 spiro atoms. The smallest absolute Gasteiger partial charge is 0.347 e. The van der Waals surface area contributed by atoms with E-state index in [2.05, 4.69) is 22.2 Å². The molecule has 0 atom stereocenters. The zero-order chi connectivity index (χ0) is 19.3. The molecule has 0 aliphatic carbocycles. The molecular weight excluding hydrogens is 371 g/mol. The fraction of sp³-hybridized carbons (Fsp3) is 0.118. The van der Waals surface area contributed by atoms with Gasteiger partial charge in [0.2, 0.25) is 0 Å². The lowest BCUT2D eigenvalue weighted by atomic mass is 10.1. The number of alkyl halides is 3. The van der Waals surface area contributed by atoms with Crippen LogP contribution in [0.5, 0.6) is 0 Å². The molecule has 1 heterocycles. The second kappa shape index (κ2) is 8.01. The summed E-state index contributed by atoms with van der Waals surface area (Å²) in [5.74, 6) is -1.25. The number of rotatable bonds is 5. The number of hydrogen-bond donors (Lipinski definition) is 2. The zero-order valence-corrected chi connectivity index (χ0v) is 14.0. The Morgan fingerprint density at radius 2 is 1.92 bits per heavy atom. The van der Waals surface area contributed by atoms with Crippen molar-refractivity contribution in [1.82, 2.24) is 10.3 Å². The third kappa shape index (κ3) is 4.82. The molecular formula is C17H13ClF3N3O2. The summed E-state index contributed by atoms with van der Waals surface area (Å²) in [6, 6.07) is 5.13. The van der Waals surface area contributed by atoms with Crippen molar-refractivity contribution in [3.63, 3.8) is 0 Å². The molecule has 1 aromatic carbocycles. The number of nitrogens with zero attached hydrogens (tertiary/aromatic N) is 1. The number of benzene rings is 1. The maximum Gasteiger partial charge on any atom is 0.416 e. The number of hydrogen-bond acceptors (Lipinski definition) is 3. The molecule has 0 fully saturated rings. The minimum absolute atomic E-state index is 0.0189. The molecule has 0 radical (unpaired) electrons. The van der Waals surface area contributed by atoms with E-state index in [1.54, 1.807) is 0 Å². The van der Waals surface area contributed by atoms with Crippen LogP contribution in [0.25, 0.3) is 0 Å². The third-order valence-corrected chi connectivity index (χ3v) is 3.53. The Kier molecular flexibility index (Phi) is 5.99. The summed E-state index contributed by atoms with van der Waals surface area (Å²) in [7, 11) is 0. The quantitative estimate of drug-likeness (QED) is 0.769. The summed E-state index contributed by atoms with van der Waals surface area (Å²) in [5, 5.41) is 4.75. The van der Waals surface area contributed by atoms with Crippen LogP contribution in [0, 0.1) is 0 Å². The fourth-order valence-corrected chi connectivity index (χ4v) is 2.11. The fourth-order valence-electron chi connectivity index (χ4n) is 1.94. The number of nitrogens with one attached hydrogen (secondary N) is 2. The highest BCUT2D eigenvalue weighted by Crippen LogP contribution is 2.33. The molecule has 0 aliphatic rings. The molecule has 0 aliphatic heterocycles. The average Bonchev–Trinajstić information content (AvgIpc) is 2.60. The van der Waals surface area contributed by atoms with Crippen LogP contribution in [0.2, 0.25) is 5.02 Å². The van der Waals surface area contributed by atoms with Crippen molar-refractivity contribution in [2.75, 3.05) is 11.9 Å². The van der Waals surface area contributed by atoms with Gasteiger partial charge >= 0.3 is 6.18 Å². The maximum absolute atomic E-state index is 12.8. The van der Waals surface area contributed by atoms with Gasteiger partial charge < -0.3 is 10.6 Å². The van der Waals surface area contributed by atoms with Gasteiger partial charge in [-0.2, -0.15) is 13.2 Å². The highest BCUT2D eigenvalue weighted by atomic mass is 35.5. The van der Waals surface area contributed by atoms with E-state index in [1.165, 1.54) is 24.4 Å². The molecule has 1 aromatic heterocycles. The lowest BCUT2D eigenvalue weighted by Crippen LogP contribution is -2.24. The minimum atomic E-state index is -4.57. The molecule has 0 saturated heterocycles. The first-order valence-electron chi connectivity index (χ1n) is 7.25. The van der Waals surface area contributed by atoms with Crippen molar-refractivity contribution in [2.24, 2.45) is 0 Å². The van der Waals surface area contributed by atoms with Gasteiger partial charge in [-0.25, -0.2) is 0 Å². The first kappa shape index (κ1) is 19.5. The van der Waals surface area contributed by atoms with Gasteiger partial charge in [0.05, 0.1) is 16.3 Å². The first-order chi connectivity index (χ1) is 12.2. The summed E-state index contributed by atoms with van der Waals surface area (Å²) >= 11 is 5.85. The van der Waals surface area contributed by atoms with E-state index in [-0.39, 0.29) is 28.5 Å². The van der Waals surface area contributed by atoms with Crippen LogP contribution in [0.4, 0.5) is 18.9 Å². The Bertz CT molecular complexity index is 853. The van der Waals surface area contributed by atoms with E-state index >= 15 is 0 Å². The number of pyridine rings is 1. The topological polar surface area (TPSA) is 71.1 Å². The summed E-state index contributed by atoms with van der Waals surface area (Å²) in [6.07, 6.45) is -1.85. The Balaban J connectivity index is 2.23. The molecule has 136 valence electrons. The van der Waals surface area contributed by atoms with Crippen molar-refractivity contribution < 1.29 is 22.8 Å². The van der Waals surface area contributed by atoms with Gasteiger partial charge in [0, 0.05) is 18.3 Å². The van der Waals surface area contributed by atoms with Crippen LogP contribution >= 0.6 is 11.6 Å². The van der Waals surface area contributed by atoms with Crippen LogP contribution < -0.4 is 10.6 Å². The van der Waals surface area contributed by atoms with Crippen LogP contribution in [-0.2, 0) is 6.18 Å². The summed E-state index contributed by atoms with van der Waals surface area (Å²) in [6.45, 7) is 3.68. The molecule has 0 saturated carbocycles. The average molecular weight is 384 g/mol. The molecule has 0 unspecified atom stereocenters. The summed E-state index contributed by atoms with van der Waals surface area (Å²) < 4.78 is 38.4.